The van der Waals surface area contributed by atoms with Crippen LogP contribution in [0.4, 0.5) is 5.69 Å². The fourth-order valence-electron chi connectivity index (χ4n) is 3.06. The van der Waals surface area contributed by atoms with Crippen LogP contribution in [0.25, 0.3) is 0 Å². The van der Waals surface area contributed by atoms with Crippen LogP contribution >= 0.6 is 0 Å². The Morgan fingerprint density at radius 1 is 1.38 bits per heavy atom. The Bertz CT molecular complexity index is 801. The average Bonchev–Trinajstić information content (AvgIpc) is 3.18. The van der Waals surface area contributed by atoms with Crippen molar-refractivity contribution >= 4 is 22.4 Å². The normalized spacial score (nSPS) is 19.1. The Labute approximate surface area is 142 Å². The van der Waals surface area contributed by atoms with E-state index in [9.17, 15) is 9.00 Å². The molecule has 0 N–H and O–H groups in total. The molecule has 2 heterocycles. The van der Waals surface area contributed by atoms with Gasteiger partial charge in [-0.3, -0.25) is 9.00 Å². The van der Waals surface area contributed by atoms with Crippen molar-refractivity contribution in [2.75, 3.05) is 11.4 Å². The number of aromatic nitrogens is 4. The molecule has 1 aromatic carbocycles. The SMILES string of the molecule is C[C@H](C(=O)N1CCc2ccccc21)[S@](=O)Cc1nnnn1C1CC1. The lowest BCUT2D eigenvalue weighted by molar-refractivity contribution is -0.117. The maximum Gasteiger partial charge on any atom is 0.242 e. The molecule has 1 fully saturated rings. The lowest BCUT2D eigenvalue weighted by Gasteiger charge is -2.21. The number of carbonyl (C=O) groups excluding carboxylic acids is 1. The minimum atomic E-state index is -1.35. The molecule has 0 bridgehead atoms. The summed E-state index contributed by atoms with van der Waals surface area (Å²) in [6.45, 7) is 2.38. The smallest absolute Gasteiger partial charge is 0.242 e. The number of fused-ring (bicyclic) bond motifs is 1. The van der Waals surface area contributed by atoms with Crippen molar-refractivity contribution in [2.24, 2.45) is 0 Å². The molecule has 2 aliphatic rings. The van der Waals surface area contributed by atoms with E-state index in [0.717, 1.165) is 24.9 Å². The van der Waals surface area contributed by atoms with E-state index in [0.29, 0.717) is 18.4 Å². The number of hydrogen-bond acceptors (Lipinski definition) is 5. The van der Waals surface area contributed by atoms with Gasteiger partial charge in [-0.25, -0.2) is 4.68 Å². The third kappa shape index (κ3) is 2.75. The predicted octanol–water partition coefficient (Wildman–Crippen LogP) is 1.23. The summed E-state index contributed by atoms with van der Waals surface area (Å²) in [5, 5.41) is 11.0. The van der Waals surface area contributed by atoms with Crippen LogP contribution in [0.1, 0.15) is 37.2 Å². The van der Waals surface area contributed by atoms with Crippen LogP contribution in [0, 0.1) is 0 Å². The molecule has 126 valence electrons. The van der Waals surface area contributed by atoms with E-state index in [1.807, 2.05) is 24.3 Å². The molecule has 2 atom stereocenters. The van der Waals surface area contributed by atoms with Gasteiger partial charge in [0.25, 0.3) is 0 Å². The number of nitrogens with zero attached hydrogens (tertiary/aromatic N) is 5. The second-order valence-electron chi connectivity index (χ2n) is 6.31. The number of benzene rings is 1. The monoisotopic (exact) mass is 345 g/mol. The highest BCUT2D eigenvalue weighted by molar-refractivity contribution is 7.85. The van der Waals surface area contributed by atoms with E-state index < -0.39 is 16.0 Å². The first-order valence-electron chi connectivity index (χ1n) is 8.18. The number of hydrogen-bond donors (Lipinski definition) is 0. The molecule has 1 saturated carbocycles. The van der Waals surface area contributed by atoms with Crippen molar-refractivity contribution in [1.29, 1.82) is 0 Å². The van der Waals surface area contributed by atoms with Gasteiger partial charge in [-0.1, -0.05) is 18.2 Å². The van der Waals surface area contributed by atoms with E-state index in [4.69, 9.17) is 0 Å². The van der Waals surface area contributed by atoms with Gasteiger partial charge in [0.05, 0.1) is 11.8 Å². The largest absolute Gasteiger partial charge is 0.311 e. The molecule has 1 amide bonds. The highest BCUT2D eigenvalue weighted by Gasteiger charge is 2.33. The van der Waals surface area contributed by atoms with Gasteiger partial charge >= 0.3 is 0 Å². The zero-order chi connectivity index (χ0) is 16.7. The number of anilines is 1. The van der Waals surface area contributed by atoms with E-state index in [1.165, 1.54) is 5.56 Å². The first kappa shape index (κ1) is 15.4. The van der Waals surface area contributed by atoms with Crippen LogP contribution in [0.15, 0.2) is 24.3 Å². The molecule has 2 aromatic rings. The molecule has 4 rings (SSSR count). The van der Waals surface area contributed by atoms with Crippen molar-refractivity contribution in [3.05, 3.63) is 35.7 Å². The zero-order valence-corrected chi connectivity index (χ0v) is 14.3. The predicted molar refractivity (Wildman–Crippen MR) is 89.9 cm³/mol. The third-order valence-electron chi connectivity index (χ3n) is 4.62. The maximum absolute atomic E-state index is 12.8. The molecule has 0 unspecified atom stereocenters. The number of carbonyl (C=O) groups is 1. The fraction of sp³-hybridized carbons (Fsp3) is 0.500. The summed E-state index contributed by atoms with van der Waals surface area (Å²) in [7, 11) is -1.35. The van der Waals surface area contributed by atoms with Gasteiger partial charge in [-0.2, -0.15) is 0 Å². The quantitative estimate of drug-likeness (QED) is 0.814. The molecule has 7 nitrogen and oxygen atoms in total. The van der Waals surface area contributed by atoms with Crippen LogP contribution in [-0.4, -0.2) is 42.1 Å². The van der Waals surface area contributed by atoms with Crippen LogP contribution in [-0.2, 0) is 27.8 Å². The Hall–Kier alpha value is -2.09. The summed E-state index contributed by atoms with van der Waals surface area (Å²) in [5.41, 5.74) is 2.11. The molecule has 1 aliphatic heterocycles. The van der Waals surface area contributed by atoms with E-state index in [2.05, 4.69) is 15.5 Å². The topological polar surface area (TPSA) is 81.0 Å². The van der Waals surface area contributed by atoms with E-state index in [1.54, 1.807) is 16.5 Å². The molecule has 8 heteroatoms. The molecular weight excluding hydrogens is 326 g/mol. The summed E-state index contributed by atoms with van der Waals surface area (Å²) in [5.74, 6) is 0.729. The first-order valence-corrected chi connectivity index (χ1v) is 9.56. The fourth-order valence-corrected chi connectivity index (χ4v) is 4.11. The zero-order valence-electron chi connectivity index (χ0n) is 13.5. The Morgan fingerprint density at radius 3 is 2.96 bits per heavy atom. The molecule has 0 spiro atoms. The van der Waals surface area contributed by atoms with Crippen molar-refractivity contribution < 1.29 is 9.00 Å². The molecule has 0 radical (unpaired) electrons. The lowest BCUT2D eigenvalue weighted by Crippen LogP contribution is -2.39. The van der Waals surface area contributed by atoms with Crippen molar-refractivity contribution in [1.82, 2.24) is 20.2 Å². The first-order chi connectivity index (χ1) is 11.6. The van der Waals surface area contributed by atoms with Crippen molar-refractivity contribution in [3.8, 4) is 0 Å². The summed E-state index contributed by atoms with van der Waals surface area (Å²) < 4.78 is 14.4. The minimum absolute atomic E-state index is 0.0938. The standard InChI is InChI=1S/C16H19N5O2S/c1-11(16(22)20-9-8-12-4-2-3-5-14(12)20)24(23)10-15-17-18-19-21(15)13-6-7-13/h2-5,11,13H,6-10H2,1H3/t11-,24-/m1/s1. The van der Waals surface area contributed by atoms with Gasteiger partial charge < -0.3 is 4.90 Å². The molecule has 1 aliphatic carbocycles. The van der Waals surface area contributed by atoms with Gasteiger partial charge in [0.2, 0.25) is 5.91 Å². The minimum Gasteiger partial charge on any atom is -0.311 e. The van der Waals surface area contributed by atoms with Gasteiger partial charge in [0.15, 0.2) is 5.82 Å². The molecular formula is C16H19N5O2S. The second-order valence-corrected chi connectivity index (χ2v) is 8.06. The molecule has 1 aromatic heterocycles. The van der Waals surface area contributed by atoms with Gasteiger partial charge in [0, 0.05) is 23.0 Å². The summed E-state index contributed by atoms with van der Waals surface area (Å²) in [6.07, 6.45) is 2.97. The van der Waals surface area contributed by atoms with Gasteiger partial charge in [-0.15, -0.1) is 5.10 Å². The van der Waals surface area contributed by atoms with Gasteiger partial charge in [0.1, 0.15) is 5.25 Å². The third-order valence-corrected chi connectivity index (χ3v) is 6.15. The molecule has 24 heavy (non-hydrogen) atoms. The van der Waals surface area contributed by atoms with Gasteiger partial charge in [-0.05, 0) is 48.2 Å². The number of tetrazole rings is 1. The Morgan fingerprint density at radius 2 is 2.17 bits per heavy atom. The van der Waals surface area contributed by atoms with Crippen LogP contribution < -0.4 is 4.90 Å². The van der Waals surface area contributed by atoms with Crippen LogP contribution in [0.2, 0.25) is 0 Å². The highest BCUT2D eigenvalue weighted by Crippen LogP contribution is 2.34. The van der Waals surface area contributed by atoms with Crippen LogP contribution in [0.3, 0.4) is 0 Å². The Kier molecular flexibility index (Phi) is 3.91. The summed E-state index contributed by atoms with van der Waals surface area (Å²) >= 11 is 0. The number of amides is 1. The average molecular weight is 345 g/mol. The maximum atomic E-state index is 12.8. The summed E-state index contributed by atoms with van der Waals surface area (Å²) in [4.78, 5) is 14.5. The van der Waals surface area contributed by atoms with E-state index in [-0.39, 0.29) is 11.7 Å². The Balaban J connectivity index is 1.47. The van der Waals surface area contributed by atoms with Crippen molar-refractivity contribution in [2.45, 2.75) is 43.2 Å². The van der Waals surface area contributed by atoms with Crippen molar-refractivity contribution in [3.63, 3.8) is 0 Å². The van der Waals surface area contributed by atoms with Crippen LogP contribution in [0.5, 0.6) is 0 Å². The number of rotatable bonds is 5. The highest BCUT2D eigenvalue weighted by atomic mass is 32.2. The lowest BCUT2D eigenvalue weighted by atomic mass is 10.2. The van der Waals surface area contributed by atoms with E-state index >= 15 is 0 Å². The molecule has 0 saturated heterocycles. The summed E-state index contributed by atoms with van der Waals surface area (Å²) in [6, 6.07) is 8.22. The second kappa shape index (κ2) is 6.08. The number of para-hydroxylation sites is 1.